The van der Waals surface area contributed by atoms with E-state index in [2.05, 4.69) is 9.88 Å². The van der Waals surface area contributed by atoms with Gasteiger partial charge in [0.2, 0.25) is 0 Å². The Hall–Kier alpha value is -2.31. The van der Waals surface area contributed by atoms with Gasteiger partial charge in [-0.1, -0.05) is 23.7 Å². The standard InChI is InChI=1S/C19H22ClN3O3/c1-22(8-13-26-17-5-3-2-4-16(17)20)19(24)15-6-7-18(21-14-15)23-9-11-25-12-10-23/h2-7,14H,8-13H2,1H3. The fraction of sp³-hybridized carbons (Fsp3) is 0.368. The molecular weight excluding hydrogens is 354 g/mol. The maximum absolute atomic E-state index is 12.5. The lowest BCUT2D eigenvalue weighted by Crippen LogP contribution is -2.36. The highest BCUT2D eigenvalue weighted by Gasteiger charge is 2.15. The number of ether oxygens (including phenoxy) is 2. The molecule has 1 saturated heterocycles. The molecule has 0 aliphatic carbocycles. The first kappa shape index (κ1) is 18.5. The zero-order valence-corrected chi connectivity index (χ0v) is 15.5. The third-order valence-electron chi connectivity index (χ3n) is 4.20. The SMILES string of the molecule is CN(CCOc1ccccc1Cl)C(=O)c1ccc(N2CCOCC2)nc1. The van der Waals surface area contributed by atoms with Gasteiger partial charge in [-0.3, -0.25) is 4.79 Å². The monoisotopic (exact) mass is 375 g/mol. The number of hydrogen-bond donors (Lipinski definition) is 0. The third kappa shape index (κ3) is 4.65. The normalized spacial score (nSPS) is 14.2. The number of aromatic nitrogens is 1. The second kappa shape index (κ2) is 8.87. The fourth-order valence-electron chi connectivity index (χ4n) is 2.67. The molecule has 0 atom stereocenters. The Morgan fingerprint density at radius 2 is 2.04 bits per heavy atom. The minimum Gasteiger partial charge on any atom is -0.490 e. The molecule has 0 bridgehead atoms. The maximum Gasteiger partial charge on any atom is 0.255 e. The summed E-state index contributed by atoms with van der Waals surface area (Å²) in [7, 11) is 1.74. The fourth-order valence-corrected chi connectivity index (χ4v) is 2.86. The van der Waals surface area contributed by atoms with E-state index in [-0.39, 0.29) is 5.91 Å². The van der Waals surface area contributed by atoms with Crippen LogP contribution in [0, 0.1) is 0 Å². The molecule has 1 amide bonds. The third-order valence-corrected chi connectivity index (χ3v) is 4.51. The van der Waals surface area contributed by atoms with Crippen LogP contribution in [0.5, 0.6) is 5.75 Å². The zero-order chi connectivity index (χ0) is 18.4. The second-order valence-electron chi connectivity index (χ2n) is 6.01. The van der Waals surface area contributed by atoms with E-state index in [0.717, 1.165) is 18.9 Å². The highest BCUT2D eigenvalue weighted by Crippen LogP contribution is 2.23. The van der Waals surface area contributed by atoms with Gasteiger partial charge in [0.25, 0.3) is 5.91 Å². The van der Waals surface area contributed by atoms with E-state index in [4.69, 9.17) is 21.1 Å². The van der Waals surface area contributed by atoms with E-state index in [1.807, 2.05) is 24.3 Å². The van der Waals surface area contributed by atoms with Crippen LogP contribution >= 0.6 is 11.6 Å². The summed E-state index contributed by atoms with van der Waals surface area (Å²) in [4.78, 5) is 20.7. The Morgan fingerprint density at radius 3 is 2.73 bits per heavy atom. The topological polar surface area (TPSA) is 54.9 Å². The van der Waals surface area contributed by atoms with Crippen molar-refractivity contribution in [3.63, 3.8) is 0 Å². The summed E-state index contributed by atoms with van der Waals surface area (Å²) in [5, 5.41) is 0.560. The number of benzene rings is 1. The van der Waals surface area contributed by atoms with Crippen molar-refractivity contribution in [2.75, 3.05) is 51.4 Å². The molecule has 0 saturated carbocycles. The first-order valence-corrected chi connectivity index (χ1v) is 8.94. The molecule has 26 heavy (non-hydrogen) atoms. The smallest absolute Gasteiger partial charge is 0.255 e. The number of likely N-dealkylation sites (N-methyl/N-ethyl adjacent to an activating group) is 1. The Kier molecular flexibility index (Phi) is 6.30. The Balaban J connectivity index is 1.52. The molecule has 0 unspecified atom stereocenters. The zero-order valence-electron chi connectivity index (χ0n) is 14.7. The number of nitrogens with zero attached hydrogens (tertiary/aromatic N) is 3. The van der Waals surface area contributed by atoms with Crippen molar-refractivity contribution in [3.05, 3.63) is 53.2 Å². The molecule has 2 heterocycles. The number of hydrogen-bond acceptors (Lipinski definition) is 5. The average molecular weight is 376 g/mol. The largest absolute Gasteiger partial charge is 0.490 e. The van der Waals surface area contributed by atoms with Crippen molar-refractivity contribution in [2.24, 2.45) is 0 Å². The van der Waals surface area contributed by atoms with Crippen LogP contribution in [0.15, 0.2) is 42.6 Å². The van der Waals surface area contributed by atoms with Crippen LogP contribution in [0.25, 0.3) is 0 Å². The lowest BCUT2D eigenvalue weighted by Gasteiger charge is -2.27. The van der Waals surface area contributed by atoms with Gasteiger partial charge in [-0.25, -0.2) is 4.98 Å². The molecule has 3 rings (SSSR count). The summed E-state index contributed by atoms with van der Waals surface area (Å²) >= 11 is 6.05. The minimum absolute atomic E-state index is 0.0891. The average Bonchev–Trinajstić information content (AvgIpc) is 2.69. The molecule has 1 aliphatic heterocycles. The van der Waals surface area contributed by atoms with Gasteiger partial charge in [0.05, 0.1) is 30.3 Å². The van der Waals surface area contributed by atoms with E-state index in [0.29, 0.717) is 42.7 Å². The van der Waals surface area contributed by atoms with Gasteiger partial charge >= 0.3 is 0 Å². The van der Waals surface area contributed by atoms with Crippen LogP contribution in [0.1, 0.15) is 10.4 Å². The second-order valence-corrected chi connectivity index (χ2v) is 6.42. The molecule has 138 valence electrons. The van der Waals surface area contributed by atoms with Gasteiger partial charge in [-0.05, 0) is 24.3 Å². The van der Waals surface area contributed by atoms with Gasteiger partial charge in [0.1, 0.15) is 18.2 Å². The van der Waals surface area contributed by atoms with E-state index in [1.165, 1.54) is 0 Å². The summed E-state index contributed by atoms with van der Waals surface area (Å²) < 4.78 is 11.0. The van der Waals surface area contributed by atoms with E-state index in [9.17, 15) is 4.79 Å². The van der Waals surface area contributed by atoms with Crippen LogP contribution < -0.4 is 9.64 Å². The summed E-state index contributed by atoms with van der Waals surface area (Å²) in [6.45, 7) is 3.87. The van der Waals surface area contributed by atoms with Gasteiger partial charge < -0.3 is 19.3 Å². The summed E-state index contributed by atoms with van der Waals surface area (Å²) in [5.74, 6) is 1.40. The lowest BCUT2D eigenvalue weighted by atomic mass is 10.2. The molecule has 1 aromatic heterocycles. The van der Waals surface area contributed by atoms with Crippen LogP contribution in [0.4, 0.5) is 5.82 Å². The number of rotatable bonds is 6. The quantitative estimate of drug-likeness (QED) is 0.777. The number of pyridine rings is 1. The predicted molar refractivity (Wildman–Crippen MR) is 101 cm³/mol. The van der Waals surface area contributed by atoms with E-state index < -0.39 is 0 Å². The molecule has 1 aromatic carbocycles. The highest BCUT2D eigenvalue weighted by atomic mass is 35.5. The summed E-state index contributed by atoms with van der Waals surface area (Å²) in [6.07, 6.45) is 1.62. The molecular formula is C19H22ClN3O3. The molecule has 6 nitrogen and oxygen atoms in total. The molecule has 2 aromatic rings. The number of para-hydroxylation sites is 1. The Bertz CT molecular complexity index is 733. The summed E-state index contributed by atoms with van der Waals surface area (Å²) in [5.41, 5.74) is 0.558. The highest BCUT2D eigenvalue weighted by molar-refractivity contribution is 6.32. The molecule has 1 aliphatic rings. The van der Waals surface area contributed by atoms with Crippen molar-refractivity contribution in [1.29, 1.82) is 0 Å². The molecule has 1 fully saturated rings. The minimum atomic E-state index is -0.0891. The van der Waals surface area contributed by atoms with E-state index >= 15 is 0 Å². The van der Waals surface area contributed by atoms with Gasteiger partial charge in [-0.2, -0.15) is 0 Å². The van der Waals surface area contributed by atoms with Crippen molar-refractivity contribution in [2.45, 2.75) is 0 Å². The molecule has 0 spiro atoms. The number of amides is 1. The van der Waals surface area contributed by atoms with Gasteiger partial charge in [-0.15, -0.1) is 0 Å². The predicted octanol–water partition coefficient (Wildman–Crippen LogP) is 2.72. The van der Waals surface area contributed by atoms with Crippen LogP contribution in [0.3, 0.4) is 0 Å². The van der Waals surface area contributed by atoms with E-state index in [1.54, 1.807) is 30.3 Å². The number of halogens is 1. The molecule has 0 radical (unpaired) electrons. The lowest BCUT2D eigenvalue weighted by molar-refractivity contribution is 0.0773. The van der Waals surface area contributed by atoms with Crippen LogP contribution in [-0.2, 0) is 4.74 Å². The van der Waals surface area contributed by atoms with Crippen molar-refractivity contribution < 1.29 is 14.3 Å². The number of morpholine rings is 1. The van der Waals surface area contributed by atoms with Crippen molar-refractivity contribution >= 4 is 23.3 Å². The number of anilines is 1. The molecule has 0 N–H and O–H groups in total. The Morgan fingerprint density at radius 1 is 1.27 bits per heavy atom. The Labute approximate surface area is 158 Å². The number of carbonyl (C=O) groups is 1. The summed E-state index contributed by atoms with van der Waals surface area (Å²) in [6, 6.07) is 11.0. The first-order chi connectivity index (χ1) is 12.6. The molecule has 7 heteroatoms. The van der Waals surface area contributed by atoms with Gasteiger partial charge in [0.15, 0.2) is 0 Å². The first-order valence-electron chi connectivity index (χ1n) is 8.56. The van der Waals surface area contributed by atoms with Crippen molar-refractivity contribution in [1.82, 2.24) is 9.88 Å². The number of carbonyl (C=O) groups excluding carboxylic acids is 1. The van der Waals surface area contributed by atoms with Crippen molar-refractivity contribution in [3.8, 4) is 5.75 Å². The maximum atomic E-state index is 12.5. The van der Waals surface area contributed by atoms with Crippen LogP contribution in [0.2, 0.25) is 5.02 Å². The van der Waals surface area contributed by atoms with Crippen LogP contribution in [-0.4, -0.2) is 62.3 Å². The van der Waals surface area contributed by atoms with Gasteiger partial charge in [0, 0.05) is 26.3 Å².